The number of unbranched alkanes of at least 4 members (excludes halogenated alkanes) is 1. The summed E-state index contributed by atoms with van der Waals surface area (Å²) in [6, 6.07) is 5.92. The highest BCUT2D eigenvalue weighted by Gasteiger charge is 2.18. The van der Waals surface area contributed by atoms with Crippen molar-refractivity contribution in [3.63, 3.8) is 0 Å². The molecule has 0 spiro atoms. The highest BCUT2D eigenvalue weighted by atomic mass is 35.5. The standard InChI is InChI=1S/C18H18ClFN2O5/c1-3-4-7-27-17-13(19)8-11(9-16(17)26-2)18(23)21-12-5-6-14(20)15(10-12)22(24)25/h5-6,8-10H,3-4,7H2,1-2H3,(H,21,23). The average Bonchev–Trinajstić information content (AvgIpc) is 2.64. The number of nitro groups is 1. The Morgan fingerprint density at radius 1 is 1.33 bits per heavy atom. The van der Waals surface area contributed by atoms with Gasteiger partial charge in [-0.1, -0.05) is 24.9 Å². The van der Waals surface area contributed by atoms with Crippen LogP contribution in [0, 0.1) is 15.9 Å². The molecule has 0 aromatic heterocycles. The van der Waals surface area contributed by atoms with Gasteiger partial charge in [0.1, 0.15) is 0 Å². The summed E-state index contributed by atoms with van der Waals surface area (Å²) in [5.74, 6) is -0.956. The number of halogens is 2. The second-order valence-corrected chi connectivity index (χ2v) is 5.98. The molecule has 0 radical (unpaired) electrons. The lowest BCUT2D eigenvalue weighted by molar-refractivity contribution is -0.387. The predicted molar refractivity (Wildman–Crippen MR) is 99.4 cm³/mol. The molecule has 0 bridgehead atoms. The number of hydrogen-bond acceptors (Lipinski definition) is 5. The molecule has 1 N–H and O–H groups in total. The molecule has 27 heavy (non-hydrogen) atoms. The number of nitrogens with one attached hydrogen (secondary N) is 1. The minimum absolute atomic E-state index is 0.0754. The lowest BCUT2D eigenvalue weighted by atomic mass is 10.1. The monoisotopic (exact) mass is 396 g/mol. The first-order valence-corrected chi connectivity index (χ1v) is 8.50. The van der Waals surface area contributed by atoms with Crippen LogP contribution in [0.1, 0.15) is 30.1 Å². The van der Waals surface area contributed by atoms with E-state index in [9.17, 15) is 19.3 Å². The van der Waals surface area contributed by atoms with Crippen molar-refractivity contribution in [2.75, 3.05) is 19.0 Å². The van der Waals surface area contributed by atoms with Crippen molar-refractivity contribution < 1.29 is 23.6 Å². The van der Waals surface area contributed by atoms with E-state index in [1.54, 1.807) is 0 Å². The SMILES string of the molecule is CCCCOc1c(Cl)cc(C(=O)Nc2ccc(F)c([N+](=O)[O-])c2)cc1OC. The van der Waals surface area contributed by atoms with Gasteiger partial charge in [0.25, 0.3) is 5.91 Å². The van der Waals surface area contributed by atoms with Crippen LogP contribution in [0.5, 0.6) is 11.5 Å². The van der Waals surface area contributed by atoms with Crippen molar-refractivity contribution in [2.24, 2.45) is 0 Å². The third-order valence-corrected chi connectivity index (χ3v) is 3.92. The van der Waals surface area contributed by atoms with Crippen molar-refractivity contribution in [1.82, 2.24) is 0 Å². The minimum atomic E-state index is -0.990. The molecule has 2 aromatic rings. The second-order valence-electron chi connectivity index (χ2n) is 5.57. The maximum absolute atomic E-state index is 13.4. The molecule has 0 fully saturated rings. The molecule has 9 heteroatoms. The fraction of sp³-hybridized carbons (Fsp3) is 0.278. The number of benzene rings is 2. The van der Waals surface area contributed by atoms with Crippen molar-refractivity contribution >= 4 is 28.9 Å². The molecule has 0 aliphatic carbocycles. The molecule has 7 nitrogen and oxygen atoms in total. The zero-order valence-electron chi connectivity index (χ0n) is 14.8. The fourth-order valence-electron chi connectivity index (χ4n) is 2.24. The fourth-order valence-corrected chi connectivity index (χ4v) is 2.51. The Hall–Kier alpha value is -2.87. The van der Waals surface area contributed by atoms with E-state index in [2.05, 4.69) is 5.32 Å². The number of methoxy groups -OCH3 is 1. The Morgan fingerprint density at radius 2 is 2.07 bits per heavy atom. The molecule has 2 aromatic carbocycles. The summed E-state index contributed by atoms with van der Waals surface area (Å²) in [5, 5.41) is 13.5. The number of carbonyl (C=O) groups excluding carboxylic acids is 1. The van der Waals surface area contributed by atoms with Crippen LogP contribution in [0.15, 0.2) is 30.3 Å². The Kier molecular flexibility index (Phi) is 6.95. The Morgan fingerprint density at radius 3 is 2.70 bits per heavy atom. The van der Waals surface area contributed by atoms with Crippen LogP contribution in [0.4, 0.5) is 15.8 Å². The van der Waals surface area contributed by atoms with Crippen LogP contribution in [0.3, 0.4) is 0 Å². The number of carbonyl (C=O) groups is 1. The van der Waals surface area contributed by atoms with Crippen molar-refractivity contribution in [3.05, 3.63) is 56.8 Å². The van der Waals surface area contributed by atoms with E-state index in [0.29, 0.717) is 12.4 Å². The predicted octanol–water partition coefficient (Wildman–Crippen LogP) is 4.83. The molecule has 0 saturated heterocycles. The number of ether oxygens (including phenoxy) is 2. The van der Waals surface area contributed by atoms with Gasteiger partial charge in [0.2, 0.25) is 5.82 Å². The Labute approximate surface area is 160 Å². The first kappa shape index (κ1) is 20.4. The van der Waals surface area contributed by atoms with Gasteiger partial charge >= 0.3 is 5.69 Å². The highest BCUT2D eigenvalue weighted by Crippen LogP contribution is 2.37. The summed E-state index contributed by atoms with van der Waals surface area (Å²) < 4.78 is 24.2. The lowest BCUT2D eigenvalue weighted by Crippen LogP contribution is -2.13. The van der Waals surface area contributed by atoms with Gasteiger partial charge in [0.05, 0.1) is 23.7 Å². The van der Waals surface area contributed by atoms with E-state index in [4.69, 9.17) is 21.1 Å². The minimum Gasteiger partial charge on any atom is -0.493 e. The smallest absolute Gasteiger partial charge is 0.306 e. The summed E-state index contributed by atoms with van der Waals surface area (Å²) in [6.45, 7) is 2.48. The molecule has 1 amide bonds. The molecule has 2 rings (SSSR count). The zero-order valence-corrected chi connectivity index (χ0v) is 15.5. The molecule has 0 aliphatic rings. The number of nitrogens with zero attached hydrogens (tertiary/aromatic N) is 1. The second kappa shape index (κ2) is 9.18. The summed E-state index contributed by atoms with van der Waals surface area (Å²) in [6.07, 6.45) is 1.79. The Bertz CT molecular complexity index is 860. The first-order valence-electron chi connectivity index (χ1n) is 8.13. The van der Waals surface area contributed by atoms with Crippen LogP contribution in [-0.4, -0.2) is 24.5 Å². The number of anilines is 1. The van der Waals surface area contributed by atoms with Crippen molar-refractivity contribution in [1.29, 1.82) is 0 Å². The van der Waals surface area contributed by atoms with E-state index < -0.39 is 22.3 Å². The van der Waals surface area contributed by atoms with E-state index in [0.717, 1.165) is 25.0 Å². The number of amides is 1. The molecule has 144 valence electrons. The highest BCUT2D eigenvalue weighted by molar-refractivity contribution is 6.32. The summed E-state index contributed by atoms with van der Waals surface area (Å²) in [7, 11) is 1.42. The summed E-state index contributed by atoms with van der Waals surface area (Å²) in [5.41, 5.74) is -0.499. The van der Waals surface area contributed by atoms with E-state index >= 15 is 0 Å². The zero-order chi connectivity index (χ0) is 20.0. The van der Waals surface area contributed by atoms with Crippen LogP contribution in [0.25, 0.3) is 0 Å². The van der Waals surface area contributed by atoms with Gasteiger partial charge in [0.15, 0.2) is 11.5 Å². The first-order chi connectivity index (χ1) is 12.9. The van der Waals surface area contributed by atoms with Crippen LogP contribution >= 0.6 is 11.6 Å². The van der Waals surface area contributed by atoms with E-state index in [1.165, 1.54) is 25.3 Å². The molecule has 0 heterocycles. The van der Waals surface area contributed by atoms with Gasteiger partial charge in [0, 0.05) is 17.3 Å². The number of hydrogen-bond donors (Lipinski definition) is 1. The third kappa shape index (κ3) is 5.07. The molecular formula is C18H18ClFN2O5. The molecule has 0 saturated carbocycles. The molecule has 0 aliphatic heterocycles. The topological polar surface area (TPSA) is 90.7 Å². The van der Waals surface area contributed by atoms with Gasteiger partial charge in [-0.05, 0) is 30.7 Å². The number of nitro benzene ring substituents is 1. The normalized spacial score (nSPS) is 10.4. The van der Waals surface area contributed by atoms with Crippen LogP contribution in [0.2, 0.25) is 5.02 Å². The van der Waals surface area contributed by atoms with Crippen LogP contribution < -0.4 is 14.8 Å². The van der Waals surface area contributed by atoms with E-state index in [-0.39, 0.29) is 22.0 Å². The van der Waals surface area contributed by atoms with Gasteiger partial charge in [-0.25, -0.2) is 0 Å². The van der Waals surface area contributed by atoms with Crippen molar-refractivity contribution in [2.45, 2.75) is 19.8 Å². The number of rotatable bonds is 8. The molecule has 0 atom stereocenters. The third-order valence-electron chi connectivity index (χ3n) is 3.64. The van der Waals surface area contributed by atoms with Gasteiger partial charge in [-0.15, -0.1) is 0 Å². The van der Waals surface area contributed by atoms with E-state index in [1.807, 2.05) is 6.92 Å². The molecular weight excluding hydrogens is 379 g/mol. The van der Waals surface area contributed by atoms with Gasteiger partial charge in [-0.3, -0.25) is 14.9 Å². The molecule has 0 unspecified atom stereocenters. The maximum Gasteiger partial charge on any atom is 0.306 e. The van der Waals surface area contributed by atoms with Gasteiger partial charge in [-0.2, -0.15) is 4.39 Å². The average molecular weight is 397 g/mol. The summed E-state index contributed by atoms with van der Waals surface area (Å²) >= 11 is 6.20. The maximum atomic E-state index is 13.4. The van der Waals surface area contributed by atoms with Crippen LogP contribution in [-0.2, 0) is 0 Å². The Balaban J connectivity index is 2.25. The summed E-state index contributed by atoms with van der Waals surface area (Å²) in [4.78, 5) is 22.4. The lowest BCUT2D eigenvalue weighted by Gasteiger charge is -2.14. The quantitative estimate of drug-likeness (QED) is 0.392. The van der Waals surface area contributed by atoms with Crippen molar-refractivity contribution in [3.8, 4) is 11.5 Å². The van der Waals surface area contributed by atoms with Gasteiger partial charge < -0.3 is 14.8 Å². The largest absolute Gasteiger partial charge is 0.493 e.